The summed E-state index contributed by atoms with van der Waals surface area (Å²) in [5.41, 5.74) is 0.245. The molecule has 0 fully saturated rings. The first kappa shape index (κ1) is 18.1. The minimum Gasteiger partial charge on any atom is -0.493 e. The van der Waals surface area contributed by atoms with Crippen molar-refractivity contribution >= 4 is 21.6 Å². The summed E-state index contributed by atoms with van der Waals surface area (Å²) in [6, 6.07) is 2.80. The lowest BCUT2D eigenvalue weighted by molar-refractivity contribution is 0.0945. The van der Waals surface area contributed by atoms with Crippen molar-refractivity contribution in [1.29, 1.82) is 0 Å². The van der Waals surface area contributed by atoms with E-state index < -0.39 is 15.9 Å². The highest BCUT2D eigenvalue weighted by Gasteiger charge is 2.23. The van der Waals surface area contributed by atoms with Crippen LogP contribution in [0.3, 0.4) is 0 Å². The molecule has 0 saturated carbocycles. The quantitative estimate of drug-likeness (QED) is 0.718. The molecule has 0 aromatic heterocycles. The van der Waals surface area contributed by atoms with E-state index in [9.17, 15) is 13.2 Å². The van der Waals surface area contributed by atoms with Crippen molar-refractivity contribution in [2.24, 2.45) is 0 Å². The van der Waals surface area contributed by atoms with Crippen LogP contribution in [-0.4, -0.2) is 60.1 Å². The van der Waals surface area contributed by atoms with Gasteiger partial charge in [0.2, 0.25) is 10.0 Å². The molecule has 124 valence electrons. The van der Waals surface area contributed by atoms with Crippen LogP contribution in [0.1, 0.15) is 10.4 Å². The highest BCUT2D eigenvalue weighted by molar-refractivity contribution is 7.92. The Morgan fingerprint density at radius 2 is 1.82 bits per heavy atom. The molecule has 1 aromatic rings. The van der Waals surface area contributed by atoms with Gasteiger partial charge in [0.25, 0.3) is 5.91 Å². The van der Waals surface area contributed by atoms with Crippen LogP contribution in [0.2, 0.25) is 0 Å². The second-order valence-corrected chi connectivity index (χ2v) is 6.45. The van der Waals surface area contributed by atoms with Crippen LogP contribution >= 0.6 is 0 Å². The van der Waals surface area contributed by atoms with E-state index in [1.54, 1.807) is 0 Å². The first-order valence-electron chi connectivity index (χ1n) is 6.35. The number of methoxy groups -OCH3 is 2. The molecule has 1 rings (SSSR count). The number of hydrogen-bond donors (Lipinski definition) is 2. The summed E-state index contributed by atoms with van der Waals surface area (Å²) in [6.07, 6.45) is 1.03. The fourth-order valence-corrected chi connectivity index (χ4v) is 2.26. The number of rotatable bonds is 7. The molecular weight excluding hydrogens is 312 g/mol. The molecule has 1 aromatic carbocycles. The van der Waals surface area contributed by atoms with Crippen LogP contribution in [-0.2, 0) is 10.0 Å². The van der Waals surface area contributed by atoms with Gasteiger partial charge in [-0.05, 0) is 6.07 Å². The smallest absolute Gasteiger partial charge is 0.253 e. The first-order valence-corrected chi connectivity index (χ1v) is 8.20. The third kappa shape index (κ3) is 4.01. The van der Waals surface area contributed by atoms with Crippen molar-refractivity contribution in [1.82, 2.24) is 5.32 Å². The van der Waals surface area contributed by atoms with Crippen molar-refractivity contribution in [2.75, 3.05) is 45.0 Å². The fraction of sp³-hybridized carbons (Fsp3) is 0.462. The van der Waals surface area contributed by atoms with E-state index in [1.807, 2.05) is 0 Å². The summed E-state index contributed by atoms with van der Waals surface area (Å²) in [6.45, 7) is -0.175. The number of nitrogens with one attached hydrogen (secondary N) is 1. The molecule has 0 unspecified atom stereocenters. The van der Waals surface area contributed by atoms with Crippen molar-refractivity contribution in [3.05, 3.63) is 17.7 Å². The van der Waals surface area contributed by atoms with E-state index >= 15 is 0 Å². The van der Waals surface area contributed by atoms with Gasteiger partial charge >= 0.3 is 0 Å². The maximum atomic E-state index is 12.2. The Balaban J connectivity index is 3.46. The summed E-state index contributed by atoms with van der Waals surface area (Å²) in [4.78, 5) is 12.2. The lowest BCUT2D eigenvalue weighted by atomic mass is 10.1. The molecule has 0 aliphatic carbocycles. The largest absolute Gasteiger partial charge is 0.493 e. The first-order chi connectivity index (χ1) is 10.3. The molecule has 0 saturated heterocycles. The van der Waals surface area contributed by atoms with E-state index in [1.165, 1.54) is 33.4 Å². The topological polar surface area (TPSA) is 105 Å². The number of ether oxygens (including phenoxy) is 2. The Kier molecular flexibility index (Phi) is 6.01. The SMILES string of the molecule is COc1cc(C(=O)NCCO)c(N(C)S(C)(=O)=O)cc1OC. The number of hydrogen-bond acceptors (Lipinski definition) is 6. The Morgan fingerprint density at radius 3 is 2.27 bits per heavy atom. The van der Waals surface area contributed by atoms with E-state index in [0.717, 1.165) is 10.6 Å². The third-order valence-electron chi connectivity index (χ3n) is 2.98. The molecule has 0 aliphatic rings. The van der Waals surface area contributed by atoms with Gasteiger partial charge in [-0.15, -0.1) is 0 Å². The van der Waals surface area contributed by atoms with Crippen LogP contribution in [0, 0.1) is 0 Å². The van der Waals surface area contributed by atoms with E-state index in [2.05, 4.69) is 5.32 Å². The van der Waals surface area contributed by atoms with Crippen LogP contribution in [0.4, 0.5) is 5.69 Å². The molecule has 0 radical (unpaired) electrons. The Labute approximate surface area is 129 Å². The average molecular weight is 332 g/mol. The number of anilines is 1. The summed E-state index contributed by atoms with van der Waals surface area (Å²) in [7, 11) is 0.584. The number of benzene rings is 1. The third-order valence-corrected chi connectivity index (χ3v) is 4.17. The van der Waals surface area contributed by atoms with E-state index in [-0.39, 0.29) is 24.4 Å². The summed E-state index contributed by atoms with van der Waals surface area (Å²) >= 11 is 0. The number of sulfonamides is 1. The molecule has 0 bridgehead atoms. The zero-order chi connectivity index (χ0) is 16.9. The second-order valence-electron chi connectivity index (χ2n) is 4.43. The minimum absolute atomic E-state index is 0.0508. The molecule has 8 nitrogen and oxygen atoms in total. The number of aliphatic hydroxyl groups excluding tert-OH is 1. The van der Waals surface area contributed by atoms with Crippen LogP contribution in [0.15, 0.2) is 12.1 Å². The van der Waals surface area contributed by atoms with Crippen LogP contribution < -0.4 is 19.1 Å². The maximum Gasteiger partial charge on any atom is 0.253 e. The summed E-state index contributed by atoms with van der Waals surface area (Å²) in [5, 5.41) is 11.3. The monoisotopic (exact) mass is 332 g/mol. The Morgan fingerprint density at radius 1 is 1.27 bits per heavy atom. The number of nitrogens with zero attached hydrogens (tertiary/aromatic N) is 1. The Bertz CT molecular complexity index is 644. The molecule has 9 heteroatoms. The number of carbonyl (C=O) groups excluding carboxylic acids is 1. The van der Waals surface area contributed by atoms with Gasteiger partial charge in [-0.1, -0.05) is 0 Å². The van der Waals surface area contributed by atoms with Gasteiger partial charge in [0, 0.05) is 19.7 Å². The van der Waals surface area contributed by atoms with Gasteiger partial charge in [0.1, 0.15) is 0 Å². The predicted octanol–water partition coefficient (Wildman–Crippen LogP) is -0.178. The van der Waals surface area contributed by atoms with Crippen molar-refractivity contribution in [3.63, 3.8) is 0 Å². The van der Waals surface area contributed by atoms with Gasteiger partial charge in [0.15, 0.2) is 11.5 Å². The standard InChI is InChI=1S/C13H20N2O6S/c1-15(22(4,18)19)10-8-12(21-3)11(20-2)7-9(10)13(17)14-5-6-16/h7-8,16H,5-6H2,1-4H3,(H,14,17). The molecule has 1 amide bonds. The lowest BCUT2D eigenvalue weighted by Crippen LogP contribution is -2.31. The van der Waals surface area contributed by atoms with E-state index in [4.69, 9.17) is 14.6 Å². The van der Waals surface area contributed by atoms with Gasteiger partial charge in [-0.3, -0.25) is 9.10 Å². The zero-order valence-corrected chi connectivity index (χ0v) is 13.7. The maximum absolute atomic E-state index is 12.2. The average Bonchev–Trinajstić information content (AvgIpc) is 2.49. The second kappa shape index (κ2) is 7.32. The van der Waals surface area contributed by atoms with Gasteiger partial charge in [0.05, 0.1) is 38.3 Å². The molecule has 22 heavy (non-hydrogen) atoms. The van der Waals surface area contributed by atoms with Gasteiger partial charge in [-0.25, -0.2) is 8.42 Å². The highest BCUT2D eigenvalue weighted by atomic mass is 32.2. The molecule has 0 atom stereocenters. The number of aliphatic hydroxyl groups is 1. The van der Waals surface area contributed by atoms with Gasteiger partial charge in [-0.2, -0.15) is 0 Å². The highest BCUT2D eigenvalue weighted by Crippen LogP contribution is 2.35. The predicted molar refractivity (Wildman–Crippen MR) is 82.2 cm³/mol. The van der Waals surface area contributed by atoms with Crippen molar-refractivity contribution < 1.29 is 27.8 Å². The number of amides is 1. The van der Waals surface area contributed by atoms with Crippen molar-refractivity contribution in [3.8, 4) is 11.5 Å². The minimum atomic E-state index is -3.57. The molecule has 2 N–H and O–H groups in total. The van der Waals surface area contributed by atoms with E-state index in [0.29, 0.717) is 11.5 Å². The molecule has 0 spiro atoms. The fourth-order valence-electron chi connectivity index (χ4n) is 1.75. The number of carbonyl (C=O) groups is 1. The Hall–Kier alpha value is -2.00. The molecule has 0 aliphatic heterocycles. The van der Waals surface area contributed by atoms with Crippen molar-refractivity contribution in [2.45, 2.75) is 0 Å². The van der Waals surface area contributed by atoms with Gasteiger partial charge < -0.3 is 19.9 Å². The summed E-state index contributed by atoms with van der Waals surface area (Å²) < 4.78 is 34.8. The molecule has 0 heterocycles. The van der Waals surface area contributed by atoms with Crippen LogP contribution in [0.25, 0.3) is 0 Å². The zero-order valence-electron chi connectivity index (χ0n) is 12.9. The normalized spacial score (nSPS) is 11.0. The van der Waals surface area contributed by atoms with Crippen LogP contribution in [0.5, 0.6) is 11.5 Å². The summed E-state index contributed by atoms with van der Waals surface area (Å²) in [5.74, 6) is 0.0644. The molecular formula is C13H20N2O6S. The lowest BCUT2D eigenvalue weighted by Gasteiger charge is -2.22.